The molecule has 30 heavy (non-hydrogen) atoms. The van der Waals surface area contributed by atoms with E-state index >= 15 is 0 Å². The summed E-state index contributed by atoms with van der Waals surface area (Å²) in [5.41, 5.74) is 6.06. The largest absolute Gasteiger partial charge is 0.493 e. The highest BCUT2D eigenvalue weighted by atomic mass is 32.2. The van der Waals surface area contributed by atoms with Gasteiger partial charge >= 0.3 is 0 Å². The molecule has 166 valence electrons. The SMILES string of the molecule is CC(CC1CSc2ccccc2OC1N)CS(=O)(=O)O.COc1ccccc1OC. The highest BCUT2D eigenvalue weighted by molar-refractivity contribution is 7.99. The van der Waals surface area contributed by atoms with Crippen LogP contribution >= 0.6 is 11.8 Å². The average molecular weight is 456 g/mol. The summed E-state index contributed by atoms with van der Waals surface area (Å²) in [6.07, 6.45) is 0.136. The van der Waals surface area contributed by atoms with E-state index in [2.05, 4.69) is 0 Å². The molecule has 1 heterocycles. The summed E-state index contributed by atoms with van der Waals surface area (Å²) in [6, 6.07) is 15.2. The van der Waals surface area contributed by atoms with Crippen molar-refractivity contribution in [2.24, 2.45) is 17.6 Å². The van der Waals surface area contributed by atoms with E-state index < -0.39 is 16.3 Å². The summed E-state index contributed by atoms with van der Waals surface area (Å²) in [7, 11) is -0.697. The number of thioether (sulfide) groups is 1. The Balaban J connectivity index is 0.000000269. The number of hydrogen-bond donors (Lipinski definition) is 2. The van der Waals surface area contributed by atoms with E-state index in [1.165, 1.54) is 0 Å². The van der Waals surface area contributed by atoms with Gasteiger partial charge in [0.05, 0.1) is 20.0 Å². The van der Waals surface area contributed by atoms with Gasteiger partial charge in [0.15, 0.2) is 17.7 Å². The van der Waals surface area contributed by atoms with Gasteiger partial charge in [-0.2, -0.15) is 8.42 Å². The fraction of sp³-hybridized carbons (Fsp3) is 0.429. The lowest BCUT2D eigenvalue weighted by Gasteiger charge is -2.23. The molecule has 3 N–H and O–H groups in total. The lowest BCUT2D eigenvalue weighted by molar-refractivity contribution is 0.137. The molecule has 0 saturated carbocycles. The topological polar surface area (TPSA) is 108 Å². The summed E-state index contributed by atoms with van der Waals surface area (Å²) in [4.78, 5) is 1.05. The van der Waals surface area contributed by atoms with Crippen LogP contribution in [0, 0.1) is 11.8 Å². The molecule has 0 amide bonds. The molecular weight excluding hydrogens is 426 g/mol. The first-order valence-electron chi connectivity index (χ1n) is 9.49. The van der Waals surface area contributed by atoms with Gasteiger partial charge in [-0.25, -0.2) is 0 Å². The molecular formula is C21H29NO6S2. The fourth-order valence-corrected chi connectivity index (χ4v) is 5.14. The second-order valence-electron chi connectivity index (χ2n) is 7.04. The highest BCUT2D eigenvalue weighted by Crippen LogP contribution is 2.36. The smallest absolute Gasteiger partial charge is 0.265 e. The Morgan fingerprint density at radius 2 is 1.70 bits per heavy atom. The van der Waals surface area contributed by atoms with Crippen LogP contribution in [0.5, 0.6) is 17.2 Å². The first kappa shape index (κ1) is 24.3. The van der Waals surface area contributed by atoms with Crippen LogP contribution in [-0.4, -0.2) is 44.9 Å². The maximum absolute atomic E-state index is 10.9. The van der Waals surface area contributed by atoms with Gasteiger partial charge < -0.3 is 14.2 Å². The van der Waals surface area contributed by atoms with Crippen LogP contribution in [0.3, 0.4) is 0 Å². The third kappa shape index (κ3) is 7.71. The molecule has 0 radical (unpaired) electrons. The summed E-state index contributed by atoms with van der Waals surface area (Å²) in [6.45, 7) is 1.79. The monoisotopic (exact) mass is 455 g/mol. The van der Waals surface area contributed by atoms with Crippen molar-refractivity contribution in [2.75, 3.05) is 25.7 Å². The van der Waals surface area contributed by atoms with E-state index in [0.29, 0.717) is 6.42 Å². The van der Waals surface area contributed by atoms with Crippen molar-refractivity contribution in [1.82, 2.24) is 0 Å². The predicted molar refractivity (Wildman–Crippen MR) is 119 cm³/mol. The summed E-state index contributed by atoms with van der Waals surface area (Å²) < 4.78 is 46.5. The molecule has 2 aromatic carbocycles. The van der Waals surface area contributed by atoms with Gasteiger partial charge in [0, 0.05) is 16.6 Å². The number of ether oxygens (including phenoxy) is 3. The second kappa shape index (κ2) is 11.5. The van der Waals surface area contributed by atoms with E-state index in [1.54, 1.807) is 32.9 Å². The molecule has 3 unspecified atom stereocenters. The summed E-state index contributed by atoms with van der Waals surface area (Å²) >= 11 is 1.66. The van der Waals surface area contributed by atoms with Crippen molar-refractivity contribution in [2.45, 2.75) is 24.5 Å². The lowest BCUT2D eigenvalue weighted by atomic mass is 9.97. The highest BCUT2D eigenvalue weighted by Gasteiger charge is 2.27. The molecule has 1 aliphatic rings. The zero-order valence-electron chi connectivity index (χ0n) is 17.4. The maximum Gasteiger partial charge on any atom is 0.265 e. The molecule has 2 aromatic rings. The summed E-state index contributed by atoms with van der Waals surface area (Å²) in [5, 5.41) is 0. The van der Waals surface area contributed by atoms with Crippen LogP contribution in [-0.2, 0) is 10.1 Å². The number of benzene rings is 2. The minimum Gasteiger partial charge on any atom is -0.493 e. The Morgan fingerprint density at radius 1 is 1.13 bits per heavy atom. The van der Waals surface area contributed by atoms with Crippen molar-refractivity contribution in [1.29, 1.82) is 0 Å². The number of para-hydroxylation sites is 3. The molecule has 1 aliphatic heterocycles. The fourth-order valence-electron chi connectivity index (χ4n) is 3.14. The van der Waals surface area contributed by atoms with Gasteiger partial charge in [0.1, 0.15) is 5.75 Å². The first-order valence-corrected chi connectivity index (χ1v) is 12.1. The Bertz CT molecular complexity index is 883. The molecule has 0 bridgehead atoms. The third-order valence-electron chi connectivity index (χ3n) is 4.52. The third-order valence-corrected chi connectivity index (χ3v) is 6.75. The Kier molecular flexibility index (Phi) is 9.29. The standard InChI is InChI=1S/C13H19NO4S2.C8H10O2/c1-9(8-20(15,16)17)6-10-7-19-12-5-3-2-4-11(12)18-13(10)14;1-9-7-5-3-4-6-8(7)10-2/h2-5,9-10,13H,6-8,14H2,1H3,(H,15,16,17);3-6H,1-2H3. The van der Waals surface area contributed by atoms with Gasteiger partial charge in [-0.3, -0.25) is 10.3 Å². The minimum atomic E-state index is -3.94. The molecule has 9 heteroatoms. The van der Waals surface area contributed by atoms with Crippen molar-refractivity contribution >= 4 is 21.9 Å². The Labute approximate surface area is 182 Å². The molecule has 0 fully saturated rings. The lowest BCUT2D eigenvalue weighted by Crippen LogP contribution is -2.37. The minimum absolute atomic E-state index is 0.0455. The molecule has 7 nitrogen and oxygen atoms in total. The molecule has 0 aromatic heterocycles. The van der Waals surface area contributed by atoms with E-state index in [0.717, 1.165) is 27.9 Å². The van der Waals surface area contributed by atoms with Crippen molar-refractivity contribution in [3.8, 4) is 17.2 Å². The molecule has 0 saturated heterocycles. The van der Waals surface area contributed by atoms with E-state index in [9.17, 15) is 8.42 Å². The van der Waals surface area contributed by atoms with Crippen molar-refractivity contribution in [3.05, 3.63) is 48.5 Å². The van der Waals surface area contributed by atoms with E-state index in [1.807, 2.05) is 48.5 Å². The zero-order valence-corrected chi connectivity index (χ0v) is 19.0. The van der Waals surface area contributed by atoms with Gasteiger partial charge in [0.2, 0.25) is 0 Å². The second-order valence-corrected chi connectivity index (χ2v) is 9.60. The van der Waals surface area contributed by atoms with Gasteiger partial charge in [-0.05, 0) is 36.6 Å². The van der Waals surface area contributed by atoms with Gasteiger partial charge in [-0.15, -0.1) is 11.8 Å². The van der Waals surface area contributed by atoms with E-state index in [4.69, 9.17) is 24.5 Å². The van der Waals surface area contributed by atoms with Crippen LogP contribution in [0.4, 0.5) is 0 Å². The molecule has 0 spiro atoms. The predicted octanol–water partition coefficient (Wildman–Crippen LogP) is 3.69. The number of hydrogen-bond acceptors (Lipinski definition) is 7. The van der Waals surface area contributed by atoms with Crippen molar-refractivity contribution in [3.63, 3.8) is 0 Å². The Morgan fingerprint density at radius 3 is 2.27 bits per heavy atom. The van der Waals surface area contributed by atoms with Crippen LogP contribution < -0.4 is 19.9 Å². The molecule has 3 atom stereocenters. The van der Waals surface area contributed by atoms with Crippen LogP contribution in [0.1, 0.15) is 13.3 Å². The van der Waals surface area contributed by atoms with Crippen LogP contribution in [0.25, 0.3) is 0 Å². The first-order chi connectivity index (χ1) is 14.2. The van der Waals surface area contributed by atoms with Gasteiger partial charge in [-0.1, -0.05) is 31.2 Å². The van der Waals surface area contributed by atoms with Crippen molar-refractivity contribution < 1.29 is 27.2 Å². The quantitative estimate of drug-likeness (QED) is 0.635. The normalized spacial score (nSPS) is 19.2. The van der Waals surface area contributed by atoms with E-state index in [-0.39, 0.29) is 17.6 Å². The number of fused-ring (bicyclic) bond motifs is 1. The summed E-state index contributed by atoms with van der Waals surface area (Å²) in [5.74, 6) is 2.72. The maximum atomic E-state index is 10.9. The zero-order chi connectivity index (χ0) is 22.1. The molecule has 3 rings (SSSR count). The Hall–Kier alpha value is -1.94. The van der Waals surface area contributed by atoms with Crippen LogP contribution in [0.2, 0.25) is 0 Å². The number of methoxy groups -OCH3 is 2. The molecule has 0 aliphatic carbocycles. The van der Waals surface area contributed by atoms with Gasteiger partial charge in [0.25, 0.3) is 10.1 Å². The van der Waals surface area contributed by atoms with Crippen LogP contribution in [0.15, 0.2) is 53.4 Å². The average Bonchev–Trinajstić information content (AvgIpc) is 2.85. The number of rotatable bonds is 6. The number of nitrogens with two attached hydrogens (primary N) is 1.